The number of thioether (sulfide) groups is 1. The van der Waals surface area contributed by atoms with Crippen LogP contribution in [0.1, 0.15) is 25.7 Å². The maximum Gasteiger partial charge on any atom is 0.106 e. The summed E-state index contributed by atoms with van der Waals surface area (Å²) >= 11 is 2.01. The first-order chi connectivity index (χ1) is 7.75. The van der Waals surface area contributed by atoms with E-state index in [4.69, 9.17) is 5.41 Å². The van der Waals surface area contributed by atoms with Gasteiger partial charge in [0.2, 0.25) is 0 Å². The Morgan fingerprint density at radius 3 is 2.44 bits per heavy atom. The number of nitrogens with zero attached hydrogens (tertiary/aromatic N) is 2. The largest absolute Gasteiger partial charge is 0.357 e. The molecule has 1 saturated heterocycles. The zero-order valence-electron chi connectivity index (χ0n) is 10.2. The van der Waals surface area contributed by atoms with Crippen molar-refractivity contribution in [1.82, 2.24) is 9.80 Å². The highest BCUT2D eigenvalue weighted by Gasteiger charge is 2.19. The standard InChI is InChI=1S/C12H23N3S/c1-14-6-8-15(9-7-14)12(13)10-16-11-4-2-3-5-11/h11,13H,2-10H2,1H3. The second kappa shape index (κ2) is 5.92. The highest BCUT2D eigenvalue weighted by Crippen LogP contribution is 2.29. The van der Waals surface area contributed by atoms with Crippen molar-refractivity contribution in [1.29, 1.82) is 5.41 Å². The van der Waals surface area contributed by atoms with Gasteiger partial charge in [-0.05, 0) is 19.9 Å². The lowest BCUT2D eigenvalue weighted by atomic mass is 10.3. The van der Waals surface area contributed by atoms with E-state index in [0.29, 0.717) is 0 Å². The number of likely N-dealkylation sites (N-methyl/N-ethyl adjacent to an activating group) is 1. The van der Waals surface area contributed by atoms with Gasteiger partial charge in [-0.25, -0.2) is 0 Å². The fraction of sp³-hybridized carbons (Fsp3) is 0.917. The molecule has 0 radical (unpaired) electrons. The van der Waals surface area contributed by atoms with Gasteiger partial charge in [0.1, 0.15) is 5.84 Å². The molecule has 1 aliphatic carbocycles. The second-order valence-electron chi connectivity index (χ2n) is 4.95. The molecule has 16 heavy (non-hydrogen) atoms. The van der Waals surface area contributed by atoms with Gasteiger partial charge < -0.3 is 9.80 Å². The summed E-state index contributed by atoms with van der Waals surface area (Å²) in [4.78, 5) is 4.59. The Labute approximate surface area is 103 Å². The molecule has 0 aromatic heterocycles. The summed E-state index contributed by atoms with van der Waals surface area (Å²) in [5.74, 6) is 1.78. The Kier molecular flexibility index (Phi) is 4.53. The molecule has 0 bridgehead atoms. The molecule has 0 amide bonds. The van der Waals surface area contributed by atoms with Gasteiger partial charge in [-0.3, -0.25) is 5.41 Å². The van der Waals surface area contributed by atoms with Gasteiger partial charge in [-0.1, -0.05) is 12.8 Å². The summed E-state index contributed by atoms with van der Waals surface area (Å²) < 4.78 is 0. The molecular weight excluding hydrogens is 218 g/mol. The molecule has 1 aliphatic heterocycles. The van der Waals surface area contributed by atoms with E-state index in [1.54, 1.807) is 0 Å². The lowest BCUT2D eigenvalue weighted by Gasteiger charge is -2.34. The zero-order valence-corrected chi connectivity index (χ0v) is 11.1. The smallest absolute Gasteiger partial charge is 0.106 e. The van der Waals surface area contributed by atoms with E-state index in [2.05, 4.69) is 16.8 Å². The number of piperazine rings is 1. The molecule has 0 atom stereocenters. The van der Waals surface area contributed by atoms with E-state index in [9.17, 15) is 0 Å². The van der Waals surface area contributed by atoms with E-state index in [1.165, 1.54) is 25.7 Å². The molecule has 2 aliphatic rings. The molecule has 0 unspecified atom stereocenters. The Balaban J connectivity index is 1.67. The van der Waals surface area contributed by atoms with E-state index in [1.807, 2.05) is 11.8 Å². The Bertz CT molecular complexity index is 230. The predicted molar refractivity (Wildman–Crippen MR) is 71.5 cm³/mol. The molecule has 2 fully saturated rings. The normalized spacial score (nSPS) is 23.9. The third kappa shape index (κ3) is 3.39. The summed E-state index contributed by atoms with van der Waals surface area (Å²) in [5, 5.41) is 8.94. The average Bonchev–Trinajstić information content (AvgIpc) is 2.80. The minimum Gasteiger partial charge on any atom is -0.357 e. The fourth-order valence-corrected chi connectivity index (χ4v) is 3.66. The quantitative estimate of drug-likeness (QED) is 0.604. The van der Waals surface area contributed by atoms with Crippen molar-refractivity contribution in [3.63, 3.8) is 0 Å². The average molecular weight is 241 g/mol. The molecule has 92 valence electrons. The first kappa shape index (κ1) is 12.2. The van der Waals surface area contributed by atoms with E-state index in [0.717, 1.165) is 43.0 Å². The van der Waals surface area contributed by atoms with Gasteiger partial charge in [0.05, 0.1) is 5.75 Å². The van der Waals surface area contributed by atoms with Crippen LogP contribution < -0.4 is 0 Å². The van der Waals surface area contributed by atoms with Crippen molar-refractivity contribution in [2.24, 2.45) is 0 Å². The number of hydrogen-bond donors (Lipinski definition) is 1. The van der Waals surface area contributed by atoms with Crippen LogP contribution in [0.15, 0.2) is 0 Å². The lowest BCUT2D eigenvalue weighted by molar-refractivity contribution is 0.214. The summed E-state index contributed by atoms with van der Waals surface area (Å²) in [6, 6.07) is 0. The van der Waals surface area contributed by atoms with Crippen molar-refractivity contribution in [2.45, 2.75) is 30.9 Å². The molecule has 3 nitrogen and oxygen atoms in total. The van der Waals surface area contributed by atoms with Crippen molar-refractivity contribution in [3.8, 4) is 0 Å². The minimum absolute atomic E-state index is 0.841. The third-order valence-corrected chi connectivity index (χ3v) is 5.03. The molecule has 4 heteroatoms. The molecule has 1 heterocycles. The highest BCUT2D eigenvalue weighted by molar-refractivity contribution is 8.00. The van der Waals surface area contributed by atoms with E-state index in [-0.39, 0.29) is 0 Å². The highest BCUT2D eigenvalue weighted by atomic mass is 32.2. The van der Waals surface area contributed by atoms with Crippen LogP contribution in [0.25, 0.3) is 0 Å². The van der Waals surface area contributed by atoms with Crippen LogP contribution in [-0.2, 0) is 0 Å². The lowest BCUT2D eigenvalue weighted by Crippen LogP contribution is -2.47. The molecule has 2 rings (SSSR count). The monoisotopic (exact) mass is 241 g/mol. The first-order valence-corrected chi connectivity index (χ1v) is 7.43. The maximum absolute atomic E-state index is 8.10. The van der Waals surface area contributed by atoms with Crippen LogP contribution >= 0.6 is 11.8 Å². The first-order valence-electron chi connectivity index (χ1n) is 6.38. The van der Waals surface area contributed by atoms with Crippen LogP contribution in [0.5, 0.6) is 0 Å². The summed E-state index contributed by atoms with van der Waals surface area (Å²) in [5.41, 5.74) is 0. The SMILES string of the molecule is CN1CCN(C(=N)CSC2CCCC2)CC1. The van der Waals surface area contributed by atoms with E-state index < -0.39 is 0 Å². The molecule has 1 N–H and O–H groups in total. The molecule has 0 aromatic carbocycles. The maximum atomic E-state index is 8.10. The fourth-order valence-electron chi connectivity index (χ4n) is 2.42. The molecule has 0 aromatic rings. The molecular formula is C12H23N3S. The van der Waals surface area contributed by atoms with Crippen LogP contribution in [0.4, 0.5) is 0 Å². The second-order valence-corrected chi connectivity index (χ2v) is 6.24. The van der Waals surface area contributed by atoms with Crippen LogP contribution in [0.3, 0.4) is 0 Å². The van der Waals surface area contributed by atoms with E-state index >= 15 is 0 Å². The van der Waals surface area contributed by atoms with Gasteiger partial charge in [-0.2, -0.15) is 11.8 Å². The summed E-state index contributed by atoms with van der Waals surface area (Å²) in [7, 11) is 2.16. The van der Waals surface area contributed by atoms with Crippen molar-refractivity contribution in [2.75, 3.05) is 39.0 Å². The Morgan fingerprint density at radius 2 is 1.81 bits per heavy atom. The van der Waals surface area contributed by atoms with Gasteiger partial charge in [0.25, 0.3) is 0 Å². The Morgan fingerprint density at radius 1 is 1.19 bits per heavy atom. The van der Waals surface area contributed by atoms with Crippen LogP contribution in [0.2, 0.25) is 0 Å². The topological polar surface area (TPSA) is 30.3 Å². The summed E-state index contributed by atoms with van der Waals surface area (Å²) in [6.45, 7) is 4.30. The minimum atomic E-state index is 0.841. The van der Waals surface area contributed by atoms with Gasteiger partial charge in [-0.15, -0.1) is 0 Å². The number of amidine groups is 1. The number of hydrogen-bond acceptors (Lipinski definition) is 3. The van der Waals surface area contributed by atoms with Gasteiger partial charge in [0, 0.05) is 31.4 Å². The van der Waals surface area contributed by atoms with Gasteiger partial charge in [0.15, 0.2) is 0 Å². The van der Waals surface area contributed by atoms with Crippen molar-refractivity contribution >= 4 is 17.6 Å². The Hall–Kier alpha value is -0.220. The van der Waals surface area contributed by atoms with Crippen LogP contribution in [-0.4, -0.2) is 59.9 Å². The van der Waals surface area contributed by atoms with Crippen LogP contribution in [0, 0.1) is 5.41 Å². The zero-order chi connectivity index (χ0) is 11.4. The number of rotatable bonds is 3. The molecule has 1 saturated carbocycles. The summed E-state index contributed by atoms with van der Waals surface area (Å²) in [6.07, 6.45) is 5.56. The third-order valence-electron chi connectivity index (χ3n) is 3.64. The van der Waals surface area contributed by atoms with Gasteiger partial charge >= 0.3 is 0 Å². The van der Waals surface area contributed by atoms with Crippen molar-refractivity contribution < 1.29 is 0 Å². The molecule has 0 spiro atoms. The predicted octanol–water partition coefficient (Wildman–Crippen LogP) is 1.89. The van der Waals surface area contributed by atoms with Crippen molar-refractivity contribution in [3.05, 3.63) is 0 Å². The number of nitrogens with one attached hydrogen (secondary N) is 1.